The number of benzene rings is 2. The molecule has 3 rings (SSSR count). The van der Waals surface area contributed by atoms with Crippen LogP contribution >= 0.6 is 36.4 Å². The molecule has 1 saturated carbocycles. The van der Waals surface area contributed by atoms with Gasteiger partial charge in [0.1, 0.15) is 0 Å². The molecule has 0 spiro atoms. The summed E-state index contributed by atoms with van der Waals surface area (Å²) in [7, 11) is 2.06. The van der Waals surface area contributed by atoms with Crippen molar-refractivity contribution in [3.63, 3.8) is 0 Å². The van der Waals surface area contributed by atoms with E-state index in [1.165, 1.54) is 30.4 Å². The lowest BCUT2D eigenvalue weighted by Gasteiger charge is -2.45. The molecule has 0 saturated heterocycles. The van der Waals surface area contributed by atoms with Crippen LogP contribution in [0.4, 0.5) is 0 Å². The summed E-state index contributed by atoms with van der Waals surface area (Å²) in [5.41, 5.74) is 2.45. The van der Waals surface area contributed by atoms with Crippen LogP contribution in [0.2, 0.25) is 5.02 Å². The third-order valence-electron chi connectivity index (χ3n) is 5.10. The molecule has 1 aliphatic rings. The summed E-state index contributed by atoms with van der Waals surface area (Å²) in [5.74, 6) is 0. The molecule has 0 radical (unpaired) electrons. The number of likely N-dealkylation sites (N-methyl/N-ethyl adjacent to an activating group) is 1. The normalized spacial score (nSPS) is 22.6. The molecular weight excluding hydrogens is 375 g/mol. The predicted octanol–water partition coefficient (Wildman–Crippen LogP) is 5.33. The Bertz CT molecular complexity index is 636. The van der Waals surface area contributed by atoms with E-state index in [0.29, 0.717) is 6.04 Å². The number of hydrogen-bond acceptors (Lipinski definition) is 2. The van der Waals surface area contributed by atoms with Gasteiger partial charge in [0.15, 0.2) is 0 Å². The zero-order chi connectivity index (χ0) is 16.1. The number of nitrogens with one attached hydrogen (secondary N) is 2. The SMILES string of the molecule is CN[C@]1(c2ccccc2Cl)CCCC[C@@H]1NCc1ccccc1.Cl.Cl. The Balaban J connectivity index is 0.00000156. The fourth-order valence-electron chi connectivity index (χ4n) is 3.87. The van der Waals surface area contributed by atoms with Gasteiger partial charge < -0.3 is 10.6 Å². The first-order chi connectivity index (χ1) is 11.3. The van der Waals surface area contributed by atoms with Crippen molar-refractivity contribution in [1.29, 1.82) is 0 Å². The first kappa shape index (κ1) is 22.3. The molecule has 1 fully saturated rings. The van der Waals surface area contributed by atoms with Gasteiger partial charge in [-0.1, -0.05) is 73.0 Å². The van der Waals surface area contributed by atoms with Crippen molar-refractivity contribution < 1.29 is 0 Å². The van der Waals surface area contributed by atoms with Crippen LogP contribution in [0.15, 0.2) is 54.6 Å². The van der Waals surface area contributed by atoms with Crippen LogP contribution in [0.3, 0.4) is 0 Å². The van der Waals surface area contributed by atoms with E-state index in [1.54, 1.807) is 0 Å². The van der Waals surface area contributed by atoms with Crippen LogP contribution in [0.5, 0.6) is 0 Å². The Morgan fingerprint density at radius 1 is 1.00 bits per heavy atom. The second kappa shape index (κ2) is 10.4. The topological polar surface area (TPSA) is 24.1 Å². The molecule has 0 bridgehead atoms. The minimum absolute atomic E-state index is 0. The van der Waals surface area contributed by atoms with E-state index in [1.807, 2.05) is 12.1 Å². The minimum atomic E-state index is -0.0919. The van der Waals surface area contributed by atoms with Gasteiger partial charge in [-0.25, -0.2) is 0 Å². The Morgan fingerprint density at radius 2 is 1.68 bits per heavy atom. The van der Waals surface area contributed by atoms with E-state index in [-0.39, 0.29) is 30.4 Å². The predicted molar refractivity (Wildman–Crippen MR) is 112 cm³/mol. The Labute approximate surface area is 168 Å². The van der Waals surface area contributed by atoms with Crippen molar-refractivity contribution in [2.75, 3.05) is 7.05 Å². The van der Waals surface area contributed by atoms with E-state index < -0.39 is 0 Å². The van der Waals surface area contributed by atoms with Crippen molar-refractivity contribution in [3.8, 4) is 0 Å². The molecule has 2 atom stereocenters. The van der Waals surface area contributed by atoms with E-state index in [2.05, 4.69) is 60.1 Å². The third-order valence-corrected chi connectivity index (χ3v) is 5.43. The lowest BCUT2D eigenvalue weighted by atomic mass is 9.72. The largest absolute Gasteiger partial charge is 0.309 e. The maximum atomic E-state index is 6.54. The number of rotatable bonds is 5. The van der Waals surface area contributed by atoms with Crippen molar-refractivity contribution in [2.45, 2.75) is 43.8 Å². The fourth-order valence-corrected chi connectivity index (χ4v) is 4.17. The van der Waals surface area contributed by atoms with Crippen molar-refractivity contribution in [3.05, 3.63) is 70.7 Å². The molecule has 5 heteroatoms. The van der Waals surface area contributed by atoms with Crippen molar-refractivity contribution >= 4 is 36.4 Å². The molecular formula is C20H27Cl3N2. The highest BCUT2D eigenvalue weighted by atomic mass is 35.5. The van der Waals surface area contributed by atoms with Gasteiger partial charge >= 0.3 is 0 Å². The Kier molecular flexibility index (Phi) is 9.26. The zero-order valence-corrected chi connectivity index (χ0v) is 16.9. The fraction of sp³-hybridized carbons (Fsp3) is 0.400. The highest BCUT2D eigenvalue weighted by Crippen LogP contribution is 2.40. The highest BCUT2D eigenvalue weighted by Gasteiger charge is 2.41. The molecule has 0 unspecified atom stereocenters. The van der Waals surface area contributed by atoms with Crippen LogP contribution in [-0.4, -0.2) is 13.1 Å². The van der Waals surface area contributed by atoms with Gasteiger partial charge in [-0.15, -0.1) is 24.8 Å². The molecule has 2 aromatic carbocycles. The van der Waals surface area contributed by atoms with Gasteiger partial charge in [0.05, 0.1) is 5.54 Å². The van der Waals surface area contributed by atoms with E-state index in [4.69, 9.17) is 11.6 Å². The van der Waals surface area contributed by atoms with Crippen LogP contribution in [-0.2, 0) is 12.1 Å². The molecule has 0 aliphatic heterocycles. The molecule has 2 nitrogen and oxygen atoms in total. The summed E-state index contributed by atoms with van der Waals surface area (Å²) in [6.07, 6.45) is 4.77. The smallest absolute Gasteiger partial charge is 0.0602 e. The van der Waals surface area contributed by atoms with Crippen LogP contribution in [0.1, 0.15) is 36.8 Å². The van der Waals surface area contributed by atoms with E-state index >= 15 is 0 Å². The summed E-state index contributed by atoms with van der Waals surface area (Å²) >= 11 is 6.54. The first-order valence-electron chi connectivity index (χ1n) is 8.47. The molecule has 2 N–H and O–H groups in total. The minimum Gasteiger partial charge on any atom is -0.309 e. The molecule has 138 valence electrons. The van der Waals surface area contributed by atoms with Crippen molar-refractivity contribution in [1.82, 2.24) is 10.6 Å². The molecule has 0 heterocycles. The summed E-state index contributed by atoms with van der Waals surface area (Å²) in [5, 5.41) is 8.25. The standard InChI is InChI=1S/C20H25ClN2.2ClH/c1-22-20(17-11-5-6-12-18(17)21)14-8-7-13-19(20)23-15-16-9-3-2-4-10-16;;/h2-6,9-12,19,22-23H,7-8,13-15H2,1H3;2*1H/t19-,20-;;/m0../s1. The van der Waals surface area contributed by atoms with Crippen LogP contribution in [0, 0.1) is 0 Å². The molecule has 0 amide bonds. The highest BCUT2D eigenvalue weighted by molar-refractivity contribution is 6.31. The van der Waals surface area contributed by atoms with Crippen LogP contribution in [0.25, 0.3) is 0 Å². The van der Waals surface area contributed by atoms with Gasteiger partial charge in [0, 0.05) is 17.6 Å². The summed E-state index contributed by atoms with van der Waals surface area (Å²) < 4.78 is 0. The number of hydrogen-bond donors (Lipinski definition) is 2. The first-order valence-corrected chi connectivity index (χ1v) is 8.85. The molecule has 1 aliphatic carbocycles. The van der Waals surface area contributed by atoms with Gasteiger partial charge in [-0.3, -0.25) is 0 Å². The monoisotopic (exact) mass is 400 g/mol. The van der Waals surface area contributed by atoms with Gasteiger partial charge in [0.2, 0.25) is 0 Å². The molecule has 2 aromatic rings. The second-order valence-electron chi connectivity index (χ2n) is 6.37. The maximum Gasteiger partial charge on any atom is 0.0602 e. The summed E-state index contributed by atoms with van der Waals surface area (Å²) in [6, 6.07) is 19.2. The average molecular weight is 402 g/mol. The third kappa shape index (κ3) is 4.90. The Morgan fingerprint density at radius 3 is 2.36 bits per heavy atom. The van der Waals surface area contributed by atoms with Crippen LogP contribution < -0.4 is 10.6 Å². The van der Waals surface area contributed by atoms with E-state index in [9.17, 15) is 0 Å². The quantitative estimate of drug-likeness (QED) is 0.707. The van der Waals surface area contributed by atoms with Crippen molar-refractivity contribution in [2.24, 2.45) is 0 Å². The lowest BCUT2D eigenvalue weighted by Crippen LogP contribution is -2.57. The molecule has 25 heavy (non-hydrogen) atoms. The number of halogens is 3. The zero-order valence-electron chi connectivity index (χ0n) is 14.5. The average Bonchev–Trinajstić information content (AvgIpc) is 2.61. The van der Waals surface area contributed by atoms with E-state index in [0.717, 1.165) is 18.0 Å². The molecule has 0 aromatic heterocycles. The van der Waals surface area contributed by atoms with Gasteiger partial charge in [-0.2, -0.15) is 0 Å². The maximum absolute atomic E-state index is 6.54. The Hall–Kier alpha value is -0.770. The summed E-state index contributed by atoms with van der Waals surface area (Å²) in [4.78, 5) is 0. The van der Waals surface area contributed by atoms with Gasteiger partial charge in [0.25, 0.3) is 0 Å². The lowest BCUT2D eigenvalue weighted by molar-refractivity contribution is 0.177. The second-order valence-corrected chi connectivity index (χ2v) is 6.77. The van der Waals surface area contributed by atoms with Gasteiger partial charge in [-0.05, 0) is 37.1 Å². The summed E-state index contributed by atoms with van der Waals surface area (Å²) in [6.45, 7) is 0.888.